The fourth-order valence-electron chi connectivity index (χ4n) is 3.03. The molecular formula is C19H24N4O3. The number of nitrogens with zero attached hydrogens (tertiary/aromatic N) is 2. The molecule has 7 heteroatoms. The van der Waals surface area contributed by atoms with E-state index in [0.29, 0.717) is 19.0 Å². The number of aromatic nitrogens is 1. The Morgan fingerprint density at radius 2 is 2.00 bits per heavy atom. The molecule has 0 aliphatic carbocycles. The van der Waals surface area contributed by atoms with Crippen LogP contribution in [-0.2, 0) is 6.54 Å². The van der Waals surface area contributed by atoms with Crippen molar-refractivity contribution in [2.24, 2.45) is 0 Å². The van der Waals surface area contributed by atoms with E-state index in [1.165, 1.54) is 24.8 Å². The standard InChI is InChI=1S/C19H24N4O3/c20-16-17(19(25)18(16)24)22-7-2-5-11-26-15-12-14(6-8-21-15)13-23-9-3-1-4-10-23/h2,5-6,8,12,22H,1,3-4,7,9-11,13,20H2. The van der Waals surface area contributed by atoms with Crippen molar-refractivity contribution >= 4 is 11.4 Å². The highest BCUT2D eigenvalue weighted by molar-refractivity contribution is 5.71. The van der Waals surface area contributed by atoms with E-state index < -0.39 is 10.9 Å². The number of hydrogen-bond donors (Lipinski definition) is 2. The Hall–Kier alpha value is -2.67. The third kappa shape index (κ3) is 4.49. The number of hydrogen-bond acceptors (Lipinski definition) is 7. The predicted molar refractivity (Wildman–Crippen MR) is 102 cm³/mol. The minimum Gasteiger partial charge on any atom is -0.473 e. The molecule has 0 bridgehead atoms. The van der Waals surface area contributed by atoms with Gasteiger partial charge in [-0.25, -0.2) is 4.98 Å². The largest absolute Gasteiger partial charge is 0.473 e. The molecule has 0 unspecified atom stereocenters. The molecule has 26 heavy (non-hydrogen) atoms. The Morgan fingerprint density at radius 1 is 1.19 bits per heavy atom. The molecule has 2 aromatic rings. The normalized spacial score (nSPS) is 15.5. The third-order valence-corrected chi connectivity index (χ3v) is 4.49. The summed E-state index contributed by atoms with van der Waals surface area (Å²) in [5.74, 6) is 0.601. The van der Waals surface area contributed by atoms with E-state index in [1.807, 2.05) is 24.3 Å². The van der Waals surface area contributed by atoms with E-state index >= 15 is 0 Å². The van der Waals surface area contributed by atoms with Gasteiger partial charge in [-0.3, -0.25) is 14.5 Å². The van der Waals surface area contributed by atoms with Crippen molar-refractivity contribution in [2.75, 3.05) is 37.3 Å². The monoisotopic (exact) mass is 356 g/mol. The molecule has 1 fully saturated rings. The average Bonchev–Trinajstić information content (AvgIpc) is 2.67. The van der Waals surface area contributed by atoms with Crippen LogP contribution < -0.4 is 26.6 Å². The molecule has 0 saturated carbocycles. The highest BCUT2D eigenvalue weighted by Gasteiger charge is 2.16. The van der Waals surface area contributed by atoms with Crippen molar-refractivity contribution < 1.29 is 4.74 Å². The summed E-state index contributed by atoms with van der Waals surface area (Å²) in [6.45, 7) is 4.03. The van der Waals surface area contributed by atoms with Gasteiger partial charge in [0.2, 0.25) is 5.88 Å². The number of ether oxygens (including phenoxy) is 1. The number of rotatable bonds is 8. The van der Waals surface area contributed by atoms with Crippen molar-refractivity contribution in [2.45, 2.75) is 25.8 Å². The summed E-state index contributed by atoms with van der Waals surface area (Å²) in [5.41, 5.74) is 5.69. The molecule has 0 radical (unpaired) electrons. The zero-order valence-corrected chi connectivity index (χ0v) is 14.7. The van der Waals surface area contributed by atoms with Gasteiger partial charge in [0, 0.05) is 25.4 Å². The zero-order chi connectivity index (χ0) is 18.4. The summed E-state index contributed by atoms with van der Waals surface area (Å²) in [4.78, 5) is 28.9. The molecule has 1 aromatic heterocycles. The summed E-state index contributed by atoms with van der Waals surface area (Å²) in [5, 5.41) is 2.82. The molecule has 1 aromatic carbocycles. The first-order valence-electron chi connectivity index (χ1n) is 8.93. The Balaban J connectivity index is 1.41. The van der Waals surface area contributed by atoms with Crippen LogP contribution in [-0.4, -0.2) is 36.1 Å². The fraction of sp³-hybridized carbons (Fsp3) is 0.421. The van der Waals surface area contributed by atoms with E-state index in [9.17, 15) is 9.59 Å². The van der Waals surface area contributed by atoms with Gasteiger partial charge in [0.05, 0.1) is 0 Å². The topological polar surface area (TPSA) is 97.6 Å². The smallest absolute Gasteiger partial charge is 0.253 e. The zero-order valence-electron chi connectivity index (χ0n) is 14.7. The Kier molecular flexibility index (Phi) is 6.01. The lowest BCUT2D eigenvalue weighted by Gasteiger charge is -2.26. The first kappa shape index (κ1) is 18.1. The first-order valence-corrected chi connectivity index (χ1v) is 8.93. The molecule has 2 heterocycles. The van der Waals surface area contributed by atoms with Gasteiger partial charge in [-0.2, -0.15) is 0 Å². The van der Waals surface area contributed by atoms with Crippen LogP contribution in [0.2, 0.25) is 0 Å². The number of nitrogens with one attached hydrogen (secondary N) is 1. The van der Waals surface area contributed by atoms with Gasteiger partial charge in [0.1, 0.15) is 18.0 Å². The van der Waals surface area contributed by atoms with E-state index in [2.05, 4.69) is 15.2 Å². The molecule has 3 N–H and O–H groups in total. The van der Waals surface area contributed by atoms with E-state index in [-0.39, 0.29) is 11.4 Å². The van der Waals surface area contributed by atoms with Crippen LogP contribution in [0.15, 0.2) is 40.1 Å². The molecule has 1 aliphatic heterocycles. The quantitative estimate of drug-likeness (QED) is 0.543. The number of pyridine rings is 1. The van der Waals surface area contributed by atoms with Gasteiger partial charge in [0.25, 0.3) is 10.9 Å². The second-order valence-corrected chi connectivity index (χ2v) is 6.45. The lowest BCUT2D eigenvalue weighted by atomic mass is 10.1. The van der Waals surface area contributed by atoms with Crippen molar-refractivity contribution in [3.8, 4) is 5.88 Å². The van der Waals surface area contributed by atoms with E-state index in [4.69, 9.17) is 10.5 Å². The van der Waals surface area contributed by atoms with Crippen LogP contribution in [0.4, 0.5) is 11.4 Å². The average molecular weight is 356 g/mol. The molecule has 0 amide bonds. The van der Waals surface area contributed by atoms with E-state index in [0.717, 1.165) is 19.6 Å². The van der Waals surface area contributed by atoms with Gasteiger partial charge in [-0.15, -0.1) is 0 Å². The van der Waals surface area contributed by atoms with Crippen molar-refractivity contribution in [1.82, 2.24) is 9.88 Å². The van der Waals surface area contributed by atoms with Gasteiger partial charge < -0.3 is 15.8 Å². The SMILES string of the molecule is Nc1c(NCC=CCOc2cc(CN3CCCCC3)ccn2)c(=O)c1=O. The van der Waals surface area contributed by atoms with Gasteiger partial charge in [0.15, 0.2) is 0 Å². The maximum absolute atomic E-state index is 11.2. The minimum absolute atomic E-state index is 0.00868. The molecule has 7 nitrogen and oxygen atoms in total. The molecule has 1 saturated heterocycles. The van der Waals surface area contributed by atoms with Crippen LogP contribution in [0, 0.1) is 0 Å². The maximum atomic E-state index is 11.2. The van der Waals surface area contributed by atoms with Gasteiger partial charge >= 0.3 is 0 Å². The Bertz CT molecular complexity index is 834. The first-order chi connectivity index (χ1) is 12.6. The second-order valence-electron chi connectivity index (χ2n) is 6.45. The number of nitrogen functional groups attached to an aromatic ring is 1. The molecule has 3 rings (SSSR count). The highest BCUT2D eigenvalue weighted by Crippen LogP contribution is 2.15. The van der Waals surface area contributed by atoms with Crippen LogP contribution in [0.3, 0.4) is 0 Å². The fourth-order valence-corrected chi connectivity index (χ4v) is 3.03. The summed E-state index contributed by atoms with van der Waals surface area (Å²) in [7, 11) is 0. The summed E-state index contributed by atoms with van der Waals surface area (Å²) < 4.78 is 5.64. The Morgan fingerprint density at radius 3 is 2.77 bits per heavy atom. The molecular weight excluding hydrogens is 332 g/mol. The number of nitrogens with two attached hydrogens (primary N) is 1. The van der Waals surface area contributed by atoms with E-state index in [1.54, 1.807) is 6.20 Å². The lowest BCUT2D eigenvalue weighted by molar-refractivity contribution is 0.220. The molecule has 138 valence electrons. The second kappa shape index (κ2) is 8.62. The summed E-state index contributed by atoms with van der Waals surface area (Å²) in [6, 6.07) is 4.00. The predicted octanol–water partition coefficient (Wildman–Crippen LogP) is 1.29. The summed E-state index contributed by atoms with van der Waals surface area (Å²) in [6.07, 6.45) is 9.29. The minimum atomic E-state index is -0.615. The van der Waals surface area contributed by atoms with Crippen LogP contribution in [0.25, 0.3) is 0 Å². The summed E-state index contributed by atoms with van der Waals surface area (Å²) >= 11 is 0. The van der Waals surface area contributed by atoms with Crippen LogP contribution in [0.1, 0.15) is 24.8 Å². The maximum Gasteiger partial charge on any atom is 0.253 e. The number of piperidine rings is 1. The van der Waals surface area contributed by atoms with Crippen LogP contribution in [0.5, 0.6) is 5.88 Å². The van der Waals surface area contributed by atoms with Gasteiger partial charge in [-0.1, -0.05) is 12.5 Å². The molecule has 0 atom stereocenters. The Labute approximate surface area is 152 Å². The molecule has 1 aliphatic rings. The number of anilines is 2. The van der Waals surface area contributed by atoms with Crippen molar-refractivity contribution in [3.05, 3.63) is 56.5 Å². The highest BCUT2D eigenvalue weighted by atomic mass is 16.5. The van der Waals surface area contributed by atoms with Gasteiger partial charge in [-0.05, 0) is 43.6 Å². The third-order valence-electron chi connectivity index (χ3n) is 4.49. The number of likely N-dealkylation sites (tertiary alicyclic amines) is 1. The van der Waals surface area contributed by atoms with Crippen LogP contribution >= 0.6 is 0 Å². The van der Waals surface area contributed by atoms with Crippen molar-refractivity contribution in [1.29, 1.82) is 0 Å². The van der Waals surface area contributed by atoms with Crippen molar-refractivity contribution in [3.63, 3.8) is 0 Å². The lowest BCUT2D eigenvalue weighted by Crippen LogP contribution is -2.37. The molecule has 0 spiro atoms.